The van der Waals surface area contributed by atoms with Gasteiger partial charge in [-0.15, -0.1) is 0 Å². The first-order chi connectivity index (χ1) is 14.5. The van der Waals surface area contributed by atoms with Gasteiger partial charge in [-0.05, 0) is 60.7 Å². The second-order valence-electron chi connectivity index (χ2n) is 6.86. The fraction of sp³-hybridized carbons (Fsp3) is 0.130. The highest BCUT2D eigenvalue weighted by Gasteiger charge is 2.30. The number of carbonyl (C=O) groups excluding carboxylic acids is 3. The van der Waals surface area contributed by atoms with Crippen LogP contribution in [0.4, 0.5) is 11.4 Å². The Morgan fingerprint density at radius 3 is 2.20 bits per heavy atom. The van der Waals surface area contributed by atoms with Crippen molar-refractivity contribution in [3.05, 3.63) is 89.2 Å². The van der Waals surface area contributed by atoms with E-state index in [-0.39, 0.29) is 37.1 Å². The highest BCUT2D eigenvalue weighted by atomic mass is 35.5. The standard InChI is InChI=1S/C23H18ClN3O3/c24-17-6-10-19(11-7-17)26(15-18-3-1-2-14-25-18)23(30)16-4-8-20(9-5-16)27-21(28)12-13-22(27)29/h1-11,14H,12-13,15H2. The molecule has 0 atom stereocenters. The lowest BCUT2D eigenvalue weighted by atomic mass is 10.1. The number of rotatable bonds is 5. The van der Waals surface area contributed by atoms with E-state index in [9.17, 15) is 14.4 Å². The van der Waals surface area contributed by atoms with Crippen LogP contribution in [-0.2, 0) is 16.1 Å². The average molecular weight is 420 g/mol. The van der Waals surface area contributed by atoms with E-state index in [1.807, 2.05) is 18.2 Å². The van der Waals surface area contributed by atoms with Gasteiger partial charge < -0.3 is 4.90 Å². The van der Waals surface area contributed by atoms with Crippen molar-refractivity contribution in [2.45, 2.75) is 19.4 Å². The monoisotopic (exact) mass is 419 g/mol. The van der Waals surface area contributed by atoms with Crippen molar-refractivity contribution in [3.63, 3.8) is 0 Å². The molecule has 6 nitrogen and oxygen atoms in total. The molecule has 2 heterocycles. The summed E-state index contributed by atoms with van der Waals surface area (Å²) in [5.74, 6) is -0.678. The van der Waals surface area contributed by atoms with Crippen LogP contribution in [0.3, 0.4) is 0 Å². The van der Waals surface area contributed by atoms with E-state index in [1.54, 1.807) is 59.6 Å². The molecule has 30 heavy (non-hydrogen) atoms. The summed E-state index contributed by atoms with van der Waals surface area (Å²) in [6.07, 6.45) is 2.11. The van der Waals surface area contributed by atoms with Crippen LogP contribution in [-0.4, -0.2) is 22.7 Å². The number of hydrogen-bond donors (Lipinski definition) is 0. The molecule has 0 spiro atoms. The van der Waals surface area contributed by atoms with Crippen molar-refractivity contribution in [2.24, 2.45) is 0 Å². The molecule has 0 bridgehead atoms. The second-order valence-corrected chi connectivity index (χ2v) is 7.29. The quantitative estimate of drug-likeness (QED) is 0.580. The van der Waals surface area contributed by atoms with E-state index >= 15 is 0 Å². The topological polar surface area (TPSA) is 70.6 Å². The molecule has 150 valence electrons. The van der Waals surface area contributed by atoms with Gasteiger partial charge in [0.25, 0.3) is 5.91 Å². The molecule has 0 N–H and O–H groups in total. The smallest absolute Gasteiger partial charge is 0.258 e. The Hall–Kier alpha value is -3.51. The van der Waals surface area contributed by atoms with Gasteiger partial charge in [0, 0.05) is 35.3 Å². The van der Waals surface area contributed by atoms with Crippen molar-refractivity contribution in [1.29, 1.82) is 0 Å². The van der Waals surface area contributed by atoms with Gasteiger partial charge in [0.1, 0.15) is 0 Å². The Balaban J connectivity index is 1.63. The lowest BCUT2D eigenvalue weighted by molar-refractivity contribution is -0.121. The van der Waals surface area contributed by atoms with Gasteiger partial charge in [-0.1, -0.05) is 17.7 Å². The zero-order chi connectivity index (χ0) is 21.1. The van der Waals surface area contributed by atoms with E-state index in [0.29, 0.717) is 22.0 Å². The van der Waals surface area contributed by atoms with E-state index in [4.69, 9.17) is 11.6 Å². The van der Waals surface area contributed by atoms with E-state index in [2.05, 4.69) is 4.98 Å². The SMILES string of the molecule is O=C(c1ccc(N2C(=O)CCC2=O)cc1)N(Cc1ccccn1)c1ccc(Cl)cc1. The first kappa shape index (κ1) is 19.8. The predicted octanol–water partition coefficient (Wildman–Crippen LogP) is 4.24. The van der Waals surface area contributed by atoms with Crippen LogP contribution in [0.2, 0.25) is 5.02 Å². The minimum atomic E-state index is -0.228. The summed E-state index contributed by atoms with van der Waals surface area (Å²) in [6.45, 7) is 0.284. The number of benzene rings is 2. The fourth-order valence-corrected chi connectivity index (χ4v) is 3.45. The van der Waals surface area contributed by atoms with Crippen molar-refractivity contribution in [1.82, 2.24) is 4.98 Å². The predicted molar refractivity (Wildman–Crippen MR) is 114 cm³/mol. The normalized spacial score (nSPS) is 13.6. The molecule has 2 aromatic carbocycles. The molecule has 7 heteroatoms. The Kier molecular flexibility index (Phi) is 5.59. The lowest BCUT2D eigenvalue weighted by Gasteiger charge is -2.23. The van der Waals surface area contributed by atoms with E-state index in [1.165, 1.54) is 4.90 Å². The van der Waals surface area contributed by atoms with Crippen molar-refractivity contribution < 1.29 is 14.4 Å². The molecule has 1 saturated heterocycles. The zero-order valence-electron chi connectivity index (χ0n) is 16.0. The maximum atomic E-state index is 13.3. The Morgan fingerprint density at radius 2 is 1.60 bits per heavy atom. The number of nitrogens with zero attached hydrogens (tertiary/aromatic N) is 3. The molecule has 0 radical (unpaired) electrons. The minimum Gasteiger partial charge on any atom is -0.302 e. The third-order valence-electron chi connectivity index (χ3n) is 4.85. The van der Waals surface area contributed by atoms with Gasteiger partial charge >= 0.3 is 0 Å². The Labute approximate surface area is 178 Å². The largest absolute Gasteiger partial charge is 0.302 e. The van der Waals surface area contributed by atoms with Crippen LogP contribution in [0, 0.1) is 0 Å². The molecule has 1 fully saturated rings. The summed E-state index contributed by atoms with van der Waals surface area (Å²) in [4.78, 5) is 44.3. The molecule has 4 rings (SSSR count). The van der Waals surface area contributed by atoms with Crippen LogP contribution in [0.5, 0.6) is 0 Å². The molecule has 1 aliphatic heterocycles. The highest BCUT2D eigenvalue weighted by Crippen LogP contribution is 2.25. The first-order valence-electron chi connectivity index (χ1n) is 9.46. The van der Waals surface area contributed by atoms with Gasteiger partial charge in [0.2, 0.25) is 11.8 Å². The van der Waals surface area contributed by atoms with Gasteiger partial charge in [0.15, 0.2) is 0 Å². The number of carbonyl (C=O) groups is 3. The molecule has 3 aromatic rings. The minimum absolute atomic E-state index is 0.216. The summed E-state index contributed by atoms with van der Waals surface area (Å²) in [7, 11) is 0. The number of amides is 3. The van der Waals surface area contributed by atoms with Crippen LogP contribution >= 0.6 is 11.6 Å². The number of pyridine rings is 1. The first-order valence-corrected chi connectivity index (χ1v) is 9.84. The summed E-state index contributed by atoms with van der Waals surface area (Å²) >= 11 is 6.00. The molecule has 1 aromatic heterocycles. The third kappa shape index (κ3) is 4.09. The van der Waals surface area contributed by atoms with Gasteiger partial charge in [0.05, 0.1) is 17.9 Å². The molecule has 0 aliphatic carbocycles. The van der Waals surface area contributed by atoms with Crippen LogP contribution < -0.4 is 9.80 Å². The van der Waals surface area contributed by atoms with E-state index in [0.717, 1.165) is 5.69 Å². The van der Waals surface area contributed by atoms with Crippen molar-refractivity contribution in [3.8, 4) is 0 Å². The Morgan fingerprint density at radius 1 is 0.933 bits per heavy atom. The zero-order valence-corrected chi connectivity index (χ0v) is 16.7. The van der Waals surface area contributed by atoms with Crippen LogP contribution in [0.25, 0.3) is 0 Å². The molecule has 0 saturated carbocycles. The summed E-state index contributed by atoms with van der Waals surface area (Å²) in [5, 5.41) is 0.577. The van der Waals surface area contributed by atoms with Gasteiger partial charge in [-0.3, -0.25) is 24.3 Å². The average Bonchev–Trinajstić information content (AvgIpc) is 3.11. The number of anilines is 2. The maximum Gasteiger partial charge on any atom is 0.258 e. The molecular weight excluding hydrogens is 402 g/mol. The molecule has 0 unspecified atom stereocenters. The number of hydrogen-bond acceptors (Lipinski definition) is 4. The molecule has 3 amide bonds. The van der Waals surface area contributed by atoms with Gasteiger partial charge in [-0.2, -0.15) is 0 Å². The Bertz CT molecular complexity index is 1070. The third-order valence-corrected chi connectivity index (χ3v) is 5.11. The highest BCUT2D eigenvalue weighted by molar-refractivity contribution is 6.30. The van der Waals surface area contributed by atoms with Crippen molar-refractivity contribution >= 4 is 40.7 Å². The van der Waals surface area contributed by atoms with Crippen LogP contribution in [0.1, 0.15) is 28.9 Å². The fourth-order valence-electron chi connectivity index (χ4n) is 3.33. The molecule has 1 aliphatic rings. The van der Waals surface area contributed by atoms with Crippen molar-refractivity contribution in [2.75, 3.05) is 9.80 Å². The number of halogens is 1. The summed E-state index contributed by atoms with van der Waals surface area (Å²) in [5.41, 5.74) is 2.33. The van der Waals surface area contributed by atoms with E-state index < -0.39 is 0 Å². The lowest BCUT2D eigenvalue weighted by Crippen LogP contribution is -2.31. The second kappa shape index (κ2) is 8.47. The summed E-state index contributed by atoms with van der Waals surface area (Å²) in [6, 6.07) is 19.0. The van der Waals surface area contributed by atoms with Gasteiger partial charge in [-0.25, -0.2) is 0 Å². The maximum absolute atomic E-state index is 13.3. The number of imide groups is 1. The number of aromatic nitrogens is 1. The van der Waals surface area contributed by atoms with Crippen LogP contribution in [0.15, 0.2) is 72.9 Å². The molecular formula is C23H18ClN3O3. The summed E-state index contributed by atoms with van der Waals surface area (Å²) < 4.78 is 0.